The molecule has 0 bridgehead atoms. The molecule has 1 aliphatic carbocycles. The summed E-state index contributed by atoms with van der Waals surface area (Å²) >= 11 is 0. The lowest BCUT2D eigenvalue weighted by molar-refractivity contribution is 0.223. The van der Waals surface area contributed by atoms with Crippen LogP contribution in [0.5, 0.6) is 0 Å². The van der Waals surface area contributed by atoms with E-state index in [0.717, 1.165) is 12.3 Å². The van der Waals surface area contributed by atoms with Gasteiger partial charge in [-0.15, -0.1) is 0 Å². The van der Waals surface area contributed by atoms with Gasteiger partial charge in [0.15, 0.2) is 0 Å². The number of hydrogen-bond acceptors (Lipinski definition) is 1. The monoisotopic (exact) mass is 151 g/mol. The first-order valence-electron chi connectivity index (χ1n) is 4.54. The maximum Gasteiger partial charge on any atom is 0.0627 e. The van der Waals surface area contributed by atoms with E-state index < -0.39 is 0 Å². The van der Waals surface area contributed by atoms with E-state index >= 15 is 0 Å². The highest BCUT2D eigenvalue weighted by molar-refractivity contribution is 4.89. The van der Waals surface area contributed by atoms with Gasteiger partial charge in [-0.2, -0.15) is 5.26 Å². The molecule has 0 N–H and O–H groups in total. The molecule has 0 aromatic rings. The van der Waals surface area contributed by atoms with Crippen LogP contribution in [0.2, 0.25) is 0 Å². The zero-order valence-electron chi connectivity index (χ0n) is 7.56. The van der Waals surface area contributed by atoms with Crippen LogP contribution in [0.3, 0.4) is 0 Å². The molecule has 0 unspecified atom stereocenters. The van der Waals surface area contributed by atoms with Crippen LogP contribution >= 0.6 is 0 Å². The molecule has 0 amide bonds. The molecule has 0 heterocycles. The van der Waals surface area contributed by atoms with E-state index in [0.29, 0.717) is 0 Å². The first-order valence-corrected chi connectivity index (χ1v) is 4.54. The first-order chi connectivity index (χ1) is 5.17. The molecule has 1 rings (SSSR count). The highest BCUT2D eigenvalue weighted by Crippen LogP contribution is 2.41. The SMILES string of the molecule is CC(C)(CC#N)C1CCCC1. The number of rotatable bonds is 2. The smallest absolute Gasteiger partial charge is 0.0627 e. The van der Waals surface area contributed by atoms with Gasteiger partial charge >= 0.3 is 0 Å². The molecule has 1 saturated carbocycles. The fourth-order valence-corrected chi connectivity index (χ4v) is 2.06. The van der Waals surface area contributed by atoms with Crippen LogP contribution in [0.1, 0.15) is 46.0 Å². The van der Waals surface area contributed by atoms with Gasteiger partial charge in [0.25, 0.3) is 0 Å². The van der Waals surface area contributed by atoms with Crippen LogP contribution in [0.25, 0.3) is 0 Å². The van der Waals surface area contributed by atoms with Gasteiger partial charge in [-0.25, -0.2) is 0 Å². The maximum atomic E-state index is 8.61. The van der Waals surface area contributed by atoms with E-state index in [1.165, 1.54) is 25.7 Å². The van der Waals surface area contributed by atoms with Crippen molar-refractivity contribution in [2.75, 3.05) is 0 Å². The molecule has 1 nitrogen and oxygen atoms in total. The van der Waals surface area contributed by atoms with E-state index in [9.17, 15) is 0 Å². The van der Waals surface area contributed by atoms with Crippen LogP contribution in [0.15, 0.2) is 0 Å². The number of nitrogens with zero attached hydrogens (tertiary/aromatic N) is 1. The van der Waals surface area contributed by atoms with E-state index in [1.54, 1.807) is 0 Å². The molecule has 1 fully saturated rings. The molecule has 1 aliphatic rings. The zero-order valence-corrected chi connectivity index (χ0v) is 7.56. The number of hydrogen-bond donors (Lipinski definition) is 0. The second-order valence-corrected chi connectivity index (χ2v) is 4.30. The van der Waals surface area contributed by atoms with Crippen molar-refractivity contribution >= 4 is 0 Å². The van der Waals surface area contributed by atoms with Crippen LogP contribution < -0.4 is 0 Å². The normalized spacial score (nSPS) is 20.1. The summed E-state index contributed by atoms with van der Waals surface area (Å²) in [7, 11) is 0. The third-order valence-corrected chi connectivity index (χ3v) is 3.00. The lowest BCUT2D eigenvalue weighted by atomic mass is 9.76. The Morgan fingerprint density at radius 1 is 1.36 bits per heavy atom. The van der Waals surface area contributed by atoms with Gasteiger partial charge in [0.2, 0.25) is 0 Å². The minimum Gasteiger partial charge on any atom is -0.198 e. The molecule has 0 aromatic heterocycles. The highest BCUT2D eigenvalue weighted by atomic mass is 14.4. The van der Waals surface area contributed by atoms with Crippen molar-refractivity contribution in [3.8, 4) is 6.07 Å². The first kappa shape index (κ1) is 8.59. The topological polar surface area (TPSA) is 23.8 Å². The van der Waals surface area contributed by atoms with Crippen molar-refractivity contribution in [2.24, 2.45) is 11.3 Å². The summed E-state index contributed by atoms with van der Waals surface area (Å²) in [5.74, 6) is 0.808. The predicted octanol–water partition coefficient (Wildman–Crippen LogP) is 3.12. The van der Waals surface area contributed by atoms with E-state index in [1.807, 2.05) is 0 Å². The lowest BCUT2D eigenvalue weighted by Crippen LogP contribution is -2.20. The Morgan fingerprint density at radius 2 is 1.91 bits per heavy atom. The molecule has 0 aromatic carbocycles. The summed E-state index contributed by atoms with van der Waals surface area (Å²) in [6, 6.07) is 2.28. The summed E-state index contributed by atoms with van der Waals surface area (Å²) in [5, 5.41) is 8.61. The van der Waals surface area contributed by atoms with E-state index in [4.69, 9.17) is 5.26 Å². The molecule has 0 saturated heterocycles. The van der Waals surface area contributed by atoms with Crippen molar-refractivity contribution in [2.45, 2.75) is 46.0 Å². The van der Waals surface area contributed by atoms with Gasteiger partial charge in [0, 0.05) is 6.42 Å². The van der Waals surface area contributed by atoms with Crippen molar-refractivity contribution in [1.29, 1.82) is 5.26 Å². The quantitative estimate of drug-likeness (QED) is 0.595. The predicted molar refractivity (Wildman–Crippen MR) is 46.0 cm³/mol. The molecule has 0 atom stereocenters. The van der Waals surface area contributed by atoms with Crippen molar-refractivity contribution in [1.82, 2.24) is 0 Å². The Bertz CT molecular complexity index is 158. The van der Waals surface area contributed by atoms with Crippen LogP contribution in [0.4, 0.5) is 0 Å². The minimum absolute atomic E-state index is 0.269. The largest absolute Gasteiger partial charge is 0.198 e. The van der Waals surface area contributed by atoms with Crippen molar-refractivity contribution < 1.29 is 0 Å². The third kappa shape index (κ3) is 1.96. The summed E-state index contributed by atoms with van der Waals surface area (Å²) in [6.45, 7) is 4.46. The fraction of sp³-hybridized carbons (Fsp3) is 0.900. The molecular weight excluding hydrogens is 134 g/mol. The molecule has 0 aliphatic heterocycles. The molecule has 62 valence electrons. The minimum atomic E-state index is 0.269. The third-order valence-electron chi connectivity index (χ3n) is 3.00. The average Bonchev–Trinajstić information content (AvgIpc) is 2.37. The van der Waals surface area contributed by atoms with Gasteiger partial charge in [0.05, 0.1) is 6.07 Å². The Kier molecular flexibility index (Phi) is 2.54. The highest BCUT2D eigenvalue weighted by Gasteiger charge is 2.31. The second-order valence-electron chi connectivity index (χ2n) is 4.30. The Hall–Kier alpha value is -0.510. The fourth-order valence-electron chi connectivity index (χ4n) is 2.06. The standard InChI is InChI=1S/C10H17N/c1-10(2,7-8-11)9-5-3-4-6-9/h9H,3-7H2,1-2H3. The molecule has 1 heteroatoms. The lowest BCUT2D eigenvalue weighted by Gasteiger charge is -2.28. The molecule has 11 heavy (non-hydrogen) atoms. The van der Waals surface area contributed by atoms with Gasteiger partial charge in [-0.1, -0.05) is 26.7 Å². The van der Waals surface area contributed by atoms with Gasteiger partial charge < -0.3 is 0 Å². The van der Waals surface area contributed by atoms with Gasteiger partial charge in [-0.05, 0) is 24.2 Å². The summed E-state index contributed by atoms with van der Waals surface area (Å²) in [6.07, 6.45) is 6.15. The van der Waals surface area contributed by atoms with Crippen LogP contribution in [-0.2, 0) is 0 Å². The van der Waals surface area contributed by atoms with Gasteiger partial charge in [-0.3, -0.25) is 0 Å². The summed E-state index contributed by atoms with van der Waals surface area (Å²) in [4.78, 5) is 0. The second kappa shape index (κ2) is 3.26. The number of nitriles is 1. The maximum absolute atomic E-state index is 8.61. The molecular formula is C10H17N. The average molecular weight is 151 g/mol. The summed E-state index contributed by atoms with van der Waals surface area (Å²) in [5.41, 5.74) is 0.269. The van der Waals surface area contributed by atoms with Crippen molar-refractivity contribution in [3.63, 3.8) is 0 Å². The van der Waals surface area contributed by atoms with Crippen LogP contribution in [0, 0.1) is 22.7 Å². The van der Waals surface area contributed by atoms with Crippen molar-refractivity contribution in [3.05, 3.63) is 0 Å². The van der Waals surface area contributed by atoms with Crippen LogP contribution in [-0.4, -0.2) is 0 Å². The summed E-state index contributed by atoms with van der Waals surface area (Å²) < 4.78 is 0. The zero-order chi connectivity index (χ0) is 8.32. The Balaban J connectivity index is 2.49. The van der Waals surface area contributed by atoms with E-state index in [-0.39, 0.29) is 5.41 Å². The van der Waals surface area contributed by atoms with Gasteiger partial charge in [0.1, 0.15) is 0 Å². The molecule has 0 radical (unpaired) electrons. The van der Waals surface area contributed by atoms with E-state index in [2.05, 4.69) is 19.9 Å². The Labute approximate surface area is 69.4 Å². The Morgan fingerprint density at radius 3 is 2.36 bits per heavy atom. The molecule has 0 spiro atoms.